The molecule has 0 aliphatic carbocycles. The molecule has 4 rings (SSSR count). The van der Waals surface area contributed by atoms with Crippen molar-refractivity contribution >= 4 is 17.5 Å². The van der Waals surface area contributed by atoms with Crippen molar-refractivity contribution in [1.82, 2.24) is 9.88 Å². The number of amides is 1. The smallest absolute Gasteiger partial charge is 0.256 e. The first-order valence-corrected chi connectivity index (χ1v) is 10.3. The second-order valence-electron chi connectivity index (χ2n) is 7.94. The maximum atomic E-state index is 13.4. The molecule has 2 aliphatic heterocycles. The predicted molar refractivity (Wildman–Crippen MR) is 111 cm³/mol. The first-order chi connectivity index (χ1) is 13.8. The first kappa shape index (κ1) is 20.0. The van der Waals surface area contributed by atoms with Gasteiger partial charge in [-0.05, 0) is 50.5 Å². The summed E-state index contributed by atoms with van der Waals surface area (Å²) in [5, 5.41) is 0.339. The highest BCUT2D eigenvalue weighted by molar-refractivity contribution is 6.35. The minimum absolute atomic E-state index is 0.0406. The molecule has 1 N–H and O–H groups in total. The molecule has 1 aromatic heterocycles. The van der Waals surface area contributed by atoms with Crippen molar-refractivity contribution in [2.45, 2.75) is 52.3 Å². The van der Waals surface area contributed by atoms with Crippen LogP contribution >= 0.6 is 11.6 Å². The Balaban J connectivity index is 1.66. The second-order valence-corrected chi connectivity index (χ2v) is 8.32. The lowest BCUT2D eigenvalue weighted by molar-refractivity contribution is 0.0647. The van der Waals surface area contributed by atoms with Crippen LogP contribution in [0.3, 0.4) is 0 Å². The maximum Gasteiger partial charge on any atom is 0.256 e. The van der Waals surface area contributed by atoms with Gasteiger partial charge in [-0.3, -0.25) is 9.59 Å². The number of ether oxygens (including phenoxy) is 2. The summed E-state index contributed by atoms with van der Waals surface area (Å²) in [7, 11) is 0. The molecule has 2 aromatic rings. The summed E-state index contributed by atoms with van der Waals surface area (Å²) >= 11 is 6.62. The third-order valence-electron chi connectivity index (χ3n) is 5.72. The van der Waals surface area contributed by atoms with Crippen molar-refractivity contribution in [3.05, 3.63) is 61.5 Å². The standard InChI is InChI=1S/C22H25ClN2O4/c1-12-8-13(2)24-21(26)17(12)10-25-14(3)9-15-4-5-18(20(23)19(15)22(25)27)29-16-6-7-28-11-16/h4-5,8,14,16H,6-7,9-11H2,1-3H3,(H,24,26). The molecule has 0 saturated carbocycles. The average Bonchev–Trinajstić information content (AvgIpc) is 3.15. The van der Waals surface area contributed by atoms with Crippen molar-refractivity contribution in [2.24, 2.45) is 0 Å². The van der Waals surface area contributed by atoms with Crippen LogP contribution in [0.5, 0.6) is 5.75 Å². The van der Waals surface area contributed by atoms with E-state index in [0.29, 0.717) is 41.5 Å². The number of halogens is 1. The van der Waals surface area contributed by atoms with E-state index in [1.807, 2.05) is 39.0 Å². The Hall–Kier alpha value is -2.31. The first-order valence-electron chi connectivity index (χ1n) is 9.91. The van der Waals surface area contributed by atoms with E-state index in [2.05, 4.69) is 4.98 Å². The van der Waals surface area contributed by atoms with Crippen LogP contribution in [0.1, 0.15) is 46.1 Å². The molecule has 1 amide bonds. The van der Waals surface area contributed by atoms with Gasteiger partial charge in [0.2, 0.25) is 0 Å². The number of aromatic nitrogens is 1. The molecule has 0 spiro atoms. The highest BCUT2D eigenvalue weighted by Crippen LogP contribution is 2.37. The molecule has 2 aliphatic rings. The van der Waals surface area contributed by atoms with Crippen LogP contribution < -0.4 is 10.3 Å². The molecule has 7 heteroatoms. The molecule has 3 heterocycles. The summed E-state index contributed by atoms with van der Waals surface area (Å²) in [5.74, 6) is 0.337. The molecule has 1 saturated heterocycles. The van der Waals surface area contributed by atoms with Crippen molar-refractivity contribution in [2.75, 3.05) is 13.2 Å². The number of carbonyl (C=O) groups is 1. The van der Waals surface area contributed by atoms with E-state index in [4.69, 9.17) is 21.1 Å². The Labute approximate surface area is 174 Å². The number of hydrogen-bond donors (Lipinski definition) is 1. The topological polar surface area (TPSA) is 71.6 Å². The zero-order valence-corrected chi connectivity index (χ0v) is 17.6. The van der Waals surface area contributed by atoms with Gasteiger partial charge in [-0.25, -0.2) is 0 Å². The largest absolute Gasteiger partial charge is 0.486 e. The highest BCUT2D eigenvalue weighted by Gasteiger charge is 2.34. The Morgan fingerprint density at radius 1 is 1.31 bits per heavy atom. The number of benzene rings is 1. The van der Waals surface area contributed by atoms with Gasteiger partial charge in [0, 0.05) is 23.7 Å². The Bertz CT molecular complexity index is 1010. The Morgan fingerprint density at radius 2 is 2.10 bits per heavy atom. The van der Waals surface area contributed by atoms with Gasteiger partial charge < -0.3 is 19.4 Å². The number of pyridine rings is 1. The fourth-order valence-electron chi connectivity index (χ4n) is 4.12. The number of aryl methyl sites for hydroxylation is 2. The van der Waals surface area contributed by atoms with Crippen molar-refractivity contribution in [3.8, 4) is 5.75 Å². The second kappa shape index (κ2) is 7.84. The molecule has 1 fully saturated rings. The zero-order valence-electron chi connectivity index (χ0n) is 16.9. The minimum atomic E-state index is -0.170. The fraction of sp³-hybridized carbons (Fsp3) is 0.455. The van der Waals surface area contributed by atoms with E-state index in [1.54, 1.807) is 4.90 Å². The summed E-state index contributed by atoms with van der Waals surface area (Å²) in [5.41, 5.74) is 3.51. The zero-order chi connectivity index (χ0) is 20.7. The van der Waals surface area contributed by atoms with Gasteiger partial charge in [-0.15, -0.1) is 0 Å². The van der Waals surface area contributed by atoms with Crippen LogP contribution in [-0.2, 0) is 17.7 Å². The summed E-state index contributed by atoms with van der Waals surface area (Å²) in [6.45, 7) is 7.18. The van der Waals surface area contributed by atoms with Crippen molar-refractivity contribution in [3.63, 3.8) is 0 Å². The third-order valence-corrected chi connectivity index (χ3v) is 6.09. The van der Waals surface area contributed by atoms with Gasteiger partial charge in [-0.2, -0.15) is 0 Å². The quantitative estimate of drug-likeness (QED) is 0.829. The number of aromatic amines is 1. The lowest BCUT2D eigenvalue weighted by Gasteiger charge is -2.35. The average molecular weight is 417 g/mol. The van der Waals surface area contributed by atoms with Crippen molar-refractivity contribution < 1.29 is 14.3 Å². The molecule has 154 valence electrons. The highest BCUT2D eigenvalue weighted by atomic mass is 35.5. The van der Waals surface area contributed by atoms with E-state index in [1.165, 1.54) is 0 Å². The van der Waals surface area contributed by atoms with Gasteiger partial charge in [0.25, 0.3) is 11.5 Å². The van der Waals surface area contributed by atoms with Gasteiger partial charge in [0.1, 0.15) is 11.9 Å². The molecule has 0 radical (unpaired) electrons. The van der Waals surface area contributed by atoms with Crippen LogP contribution in [0.4, 0.5) is 0 Å². The number of carbonyl (C=O) groups excluding carboxylic acids is 1. The molecule has 6 nitrogen and oxygen atoms in total. The number of hydrogen-bond acceptors (Lipinski definition) is 4. The maximum absolute atomic E-state index is 13.4. The molecular formula is C22H25ClN2O4. The molecule has 0 bridgehead atoms. The number of nitrogens with zero attached hydrogens (tertiary/aromatic N) is 1. The number of fused-ring (bicyclic) bond motifs is 1. The van der Waals surface area contributed by atoms with Crippen LogP contribution in [-0.4, -0.2) is 41.2 Å². The SMILES string of the molecule is Cc1cc(C)c(CN2C(=O)c3c(ccc(OC4CCOC4)c3Cl)CC2C)c(=O)[nH]1. The third kappa shape index (κ3) is 3.79. The molecule has 2 unspecified atom stereocenters. The minimum Gasteiger partial charge on any atom is -0.486 e. The summed E-state index contributed by atoms with van der Waals surface area (Å²) in [6.07, 6.45) is 1.43. The molecular weight excluding hydrogens is 392 g/mol. The lowest BCUT2D eigenvalue weighted by Crippen LogP contribution is -2.44. The van der Waals surface area contributed by atoms with Crippen LogP contribution in [0.25, 0.3) is 0 Å². The monoisotopic (exact) mass is 416 g/mol. The van der Waals surface area contributed by atoms with Crippen LogP contribution in [0.15, 0.2) is 23.0 Å². The Morgan fingerprint density at radius 3 is 2.79 bits per heavy atom. The fourth-order valence-corrected chi connectivity index (χ4v) is 4.43. The van der Waals surface area contributed by atoms with E-state index in [0.717, 1.165) is 23.2 Å². The van der Waals surface area contributed by atoms with Gasteiger partial charge in [0.15, 0.2) is 0 Å². The molecule has 29 heavy (non-hydrogen) atoms. The van der Waals surface area contributed by atoms with Gasteiger partial charge in [0.05, 0.1) is 30.3 Å². The summed E-state index contributed by atoms with van der Waals surface area (Å²) in [6, 6.07) is 5.64. The van der Waals surface area contributed by atoms with Gasteiger partial charge in [-0.1, -0.05) is 17.7 Å². The lowest BCUT2D eigenvalue weighted by atomic mass is 9.93. The van der Waals surface area contributed by atoms with Crippen molar-refractivity contribution in [1.29, 1.82) is 0 Å². The summed E-state index contributed by atoms with van der Waals surface area (Å²) in [4.78, 5) is 30.4. The van der Waals surface area contributed by atoms with Crippen LogP contribution in [0.2, 0.25) is 5.02 Å². The molecule has 1 aromatic carbocycles. The van der Waals surface area contributed by atoms with Crippen LogP contribution in [0, 0.1) is 13.8 Å². The molecule has 2 atom stereocenters. The number of rotatable bonds is 4. The predicted octanol–water partition coefficient (Wildman–Crippen LogP) is 3.40. The van der Waals surface area contributed by atoms with Gasteiger partial charge >= 0.3 is 0 Å². The van der Waals surface area contributed by atoms with E-state index in [-0.39, 0.29) is 30.2 Å². The van der Waals surface area contributed by atoms with E-state index >= 15 is 0 Å². The number of H-pyrrole nitrogens is 1. The summed E-state index contributed by atoms with van der Waals surface area (Å²) < 4.78 is 11.3. The number of nitrogens with one attached hydrogen (secondary N) is 1. The van der Waals surface area contributed by atoms with E-state index < -0.39 is 0 Å². The normalized spacial score (nSPS) is 21.4. The Kier molecular flexibility index (Phi) is 5.40. The van der Waals surface area contributed by atoms with E-state index in [9.17, 15) is 9.59 Å².